The predicted octanol–water partition coefficient (Wildman–Crippen LogP) is 3.20. The van der Waals surface area contributed by atoms with Crippen molar-refractivity contribution in [2.24, 2.45) is 11.7 Å². The van der Waals surface area contributed by atoms with Crippen LogP contribution in [0.25, 0.3) is 0 Å². The zero-order valence-electron chi connectivity index (χ0n) is 13.8. The molecule has 1 aromatic rings. The Hall–Kier alpha value is -0.870. The number of rotatable bonds is 8. The highest BCUT2D eigenvalue weighted by Crippen LogP contribution is 2.27. The molecular formula is C17H32N4. The normalized spacial score (nSPS) is 17.0. The molecule has 4 heteroatoms. The Kier molecular flexibility index (Phi) is 6.71. The summed E-state index contributed by atoms with van der Waals surface area (Å²) in [5.41, 5.74) is 6.86. The Balaban J connectivity index is 1.91. The molecule has 1 fully saturated rings. The quantitative estimate of drug-likeness (QED) is 0.800. The number of hydrogen-bond donors (Lipinski definition) is 1. The Morgan fingerprint density at radius 1 is 1.33 bits per heavy atom. The van der Waals surface area contributed by atoms with Crippen LogP contribution in [0, 0.1) is 5.92 Å². The Morgan fingerprint density at radius 2 is 2.10 bits per heavy atom. The molecule has 2 rings (SSSR count). The van der Waals surface area contributed by atoms with E-state index in [2.05, 4.69) is 35.7 Å². The van der Waals surface area contributed by atoms with Crippen molar-refractivity contribution in [1.29, 1.82) is 0 Å². The van der Waals surface area contributed by atoms with Crippen LogP contribution in [0.5, 0.6) is 0 Å². The van der Waals surface area contributed by atoms with Gasteiger partial charge in [-0.3, -0.25) is 9.58 Å². The van der Waals surface area contributed by atoms with Crippen LogP contribution < -0.4 is 5.73 Å². The van der Waals surface area contributed by atoms with E-state index in [0.717, 1.165) is 32.6 Å². The maximum Gasteiger partial charge on any atom is 0.0764 e. The lowest BCUT2D eigenvalue weighted by Crippen LogP contribution is -2.30. The first-order valence-electron chi connectivity index (χ1n) is 8.65. The van der Waals surface area contributed by atoms with Crippen molar-refractivity contribution in [3.63, 3.8) is 0 Å². The predicted molar refractivity (Wildman–Crippen MR) is 88.1 cm³/mol. The standard InChI is InChI=1S/C17H32N4/c1-15(2)13-20(11-6-10-18)14-16-9-12-21(19-16)17-7-4-3-5-8-17/h9,12,15,17H,3-8,10-11,13-14,18H2,1-2H3. The van der Waals surface area contributed by atoms with E-state index in [1.165, 1.54) is 37.8 Å². The van der Waals surface area contributed by atoms with Crippen LogP contribution in [-0.2, 0) is 6.54 Å². The molecule has 0 spiro atoms. The van der Waals surface area contributed by atoms with Crippen LogP contribution in [-0.4, -0.2) is 34.3 Å². The van der Waals surface area contributed by atoms with Gasteiger partial charge in [-0.1, -0.05) is 33.1 Å². The lowest BCUT2D eigenvalue weighted by atomic mass is 9.96. The minimum Gasteiger partial charge on any atom is -0.330 e. The van der Waals surface area contributed by atoms with E-state index in [1.54, 1.807) is 0 Å². The average molecular weight is 292 g/mol. The summed E-state index contributed by atoms with van der Waals surface area (Å²) in [6, 6.07) is 2.83. The van der Waals surface area contributed by atoms with Crippen LogP contribution >= 0.6 is 0 Å². The summed E-state index contributed by atoms with van der Waals surface area (Å²) >= 11 is 0. The van der Waals surface area contributed by atoms with Crippen molar-refractivity contribution in [3.8, 4) is 0 Å². The molecule has 2 N–H and O–H groups in total. The summed E-state index contributed by atoms with van der Waals surface area (Å²) in [4.78, 5) is 2.49. The van der Waals surface area contributed by atoms with Gasteiger partial charge in [0.25, 0.3) is 0 Å². The molecule has 0 unspecified atom stereocenters. The highest BCUT2D eigenvalue weighted by atomic mass is 15.3. The van der Waals surface area contributed by atoms with Crippen molar-refractivity contribution < 1.29 is 0 Å². The van der Waals surface area contributed by atoms with Crippen molar-refractivity contribution >= 4 is 0 Å². The van der Waals surface area contributed by atoms with Crippen LogP contribution in [0.3, 0.4) is 0 Å². The third kappa shape index (κ3) is 5.44. The summed E-state index contributed by atoms with van der Waals surface area (Å²) in [6.45, 7) is 8.47. The molecule has 4 nitrogen and oxygen atoms in total. The Morgan fingerprint density at radius 3 is 2.76 bits per heavy atom. The van der Waals surface area contributed by atoms with E-state index in [-0.39, 0.29) is 0 Å². The van der Waals surface area contributed by atoms with Crippen molar-refractivity contribution in [2.45, 2.75) is 65.0 Å². The summed E-state index contributed by atoms with van der Waals surface area (Å²) in [5, 5.41) is 4.83. The van der Waals surface area contributed by atoms with Crippen LogP contribution in [0.1, 0.15) is 64.1 Å². The van der Waals surface area contributed by atoms with Gasteiger partial charge in [0.05, 0.1) is 11.7 Å². The van der Waals surface area contributed by atoms with Gasteiger partial charge < -0.3 is 5.73 Å². The monoisotopic (exact) mass is 292 g/mol. The average Bonchev–Trinajstić information content (AvgIpc) is 2.93. The molecule has 0 radical (unpaired) electrons. The second-order valence-corrected chi connectivity index (χ2v) is 6.85. The molecule has 0 atom stereocenters. The molecule has 0 aromatic carbocycles. The summed E-state index contributed by atoms with van der Waals surface area (Å²) in [6.07, 6.45) is 9.95. The lowest BCUT2D eigenvalue weighted by molar-refractivity contribution is 0.230. The Bertz CT molecular complexity index is 393. The van der Waals surface area contributed by atoms with Crippen LogP contribution in [0.4, 0.5) is 0 Å². The van der Waals surface area contributed by atoms with Crippen LogP contribution in [0.15, 0.2) is 12.3 Å². The van der Waals surface area contributed by atoms with E-state index in [4.69, 9.17) is 10.8 Å². The SMILES string of the molecule is CC(C)CN(CCCN)Cc1ccn(C2CCCCC2)n1. The molecular weight excluding hydrogens is 260 g/mol. The molecule has 0 bridgehead atoms. The van der Waals surface area contributed by atoms with Crippen molar-refractivity contribution in [2.75, 3.05) is 19.6 Å². The maximum atomic E-state index is 5.66. The minimum atomic E-state index is 0.634. The zero-order valence-corrected chi connectivity index (χ0v) is 13.8. The lowest BCUT2D eigenvalue weighted by Gasteiger charge is -2.24. The van der Waals surface area contributed by atoms with Gasteiger partial charge >= 0.3 is 0 Å². The maximum absolute atomic E-state index is 5.66. The van der Waals surface area contributed by atoms with Gasteiger partial charge in [0.1, 0.15) is 0 Å². The number of nitrogens with zero attached hydrogens (tertiary/aromatic N) is 3. The van der Waals surface area contributed by atoms with Crippen LogP contribution in [0.2, 0.25) is 0 Å². The molecule has 21 heavy (non-hydrogen) atoms. The van der Waals surface area contributed by atoms with E-state index in [9.17, 15) is 0 Å². The fourth-order valence-electron chi connectivity index (χ4n) is 3.31. The van der Waals surface area contributed by atoms with Crippen molar-refractivity contribution in [3.05, 3.63) is 18.0 Å². The fraction of sp³-hybridized carbons (Fsp3) is 0.824. The molecule has 1 heterocycles. The van der Waals surface area contributed by atoms with Gasteiger partial charge in [0.15, 0.2) is 0 Å². The highest BCUT2D eigenvalue weighted by Gasteiger charge is 2.17. The highest BCUT2D eigenvalue weighted by molar-refractivity contribution is 5.00. The first-order chi connectivity index (χ1) is 10.2. The molecule has 0 amide bonds. The van der Waals surface area contributed by atoms with Gasteiger partial charge in [-0.15, -0.1) is 0 Å². The number of aromatic nitrogens is 2. The summed E-state index contributed by atoms with van der Waals surface area (Å²) in [7, 11) is 0. The van der Waals surface area contributed by atoms with E-state index >= 15 is 0 Å². The molecule has 0 aliphatic heterocycles. The van der Waals surface area contributed by atoms with Gasteiger partial charge in [0, 0.05) is 19.3 Å². The first kappa shape index (κ1) is 16.5. The Labute approximate surface area is 129 Å². The third-order valence-electron chi connectivity index (χ3n) is 4.30. The topological polar surface area (TPSA) is 47.1 Å². The second kappa shape index (κ2) is 8.54. The second-order valence-electron chi connectivity index (χ2n) is 6.85. The molecule has 1 aliphatic rings. The molecule has 1 aliphatic carbocycles. The van der Waals surface area contributed by atoms with Gasteiger partial charge in [-0.25, -0.2) is 0 Å². The zero-order chi connectivity index (χ0) is 15.1. The molecule has 1 saturated carbocycles. The number of hydrogen-bond acceptors (Lipinski definition) is 3. The smallest absolute Gasteiger partial charge is 0.0764 e. The molecule has 0 saturated heterocycles. The summed E-state index contributed by atoms with van der Waals surface area (Å²) in [5.74, 6) is 0.684. The fourth-order valence-corrected chi connectivity index (χ4v) is 3.31. The van der Waals surface area contributed by atoms with Gasteiger partial charge in [0.2, 0.25) is 0 Å². The van der Waals surface area contributed by atoms with Gasteiger partial charge in [-0.05, 0) is 44.3 Å². The molecule has 1 aromatic heterocycles. The van der Waals surface area contributed by atoms with E-state index in [0.29, 0.717) is 12.0 Å². The third-order valence-corrected chi connectivity index (χ3v) is 4.30. The first-order valence-corrected chi connectivity index (χ1v) is 8.65. The van der Waals surface area contributed by atoms with E-state index in [1.807, 2.05) is 0 Å². The molecule has 120 valence electrons. The van der Waals surface area contributed by atoms with E-state index < -0.39 is 0 Å². The summed E-state index contributed by atoms with van der Waals surface area (Å²) < 4.78 is 2.21. The largest absolute Gasteiger partial charge is 0.330 e. The minimum absolute atomic E-state index is 0.634. The number of nitrogens with two attached hydrogens (primary N) is 1. The van der Waals surface area contributed by atoms with Crippen molar-refractivity contribution in [1.82, 2.24) is 14.7 Å². The van der Waals surface area contributed by atoms with Gasteiger partial charge in [-0.2, -0.15) is 5.10 Å².